The highest BCUT2D eigenvalue weighted by molar-refractivity contribution is 6.11. The van der Waals surface area contributed by atoms with Gasteiger partial charge in [-0.2, -0.15) is 4.98 Å². The fraction of sp³-hybridized carbons (Fsp3) is 0.636. The summed E-state index contributed by atoms with van der Waals surface area (Å²) in [6.07, 6.45) is -4.00. The Labute approximate surface area is 191 Å². The number of halogens is 3. The topological polar surface area (TPSA) is 104 Å². The van der Waals surface area contributed by atoms with Crippen LogP contribution >= 0.6 is 0 Å². The predicted molar refractivity (Wildman–Crippen MR) is 115 cm³/mol. The van der Waals surface area contributed by atoms with Gasteiger partial charge in [0, 0.05) is 13.0 Å². The molecule has 33 heavy (non-hydrogen) atoms. The molecule has 1 rings (SSSR count). The molecule has 186 valence electrons. The number of ether oxygens (including phenoxy) is 3. The fourth-order valence-electron chi connectivity index (χ4n) is 2.94. The van der Waals surface area contributed by atoms with Crippen LogP contribution in [0.15, 0.2) is 12.1 Å². The van der Waals surface area contributed by atoms with E-state index in [0.29, 0.717) is 19.4 Å². The number of aromatic nitrogens is 1. The van der Waals surface area contributed by atoms with Gasteiger partial charge in [-0.25, -0.2) is 13.2 Å². The summed E-state index contributed by atoms with van der Waals surface area (Å²) < 4.78 is 57.1. The van der Waals surface area contributed by atoms with Crippen LogP contribution in [0.3, 0.4) is 0 Å². The van der Waals surface area contributed by atoms with E-state index in [1.807, 2.05) is 0 Å². The Bertz CT molecular complexity index is 780. The average molecular weight is 476 g/mol. The number of carbonyl (C=O) groups excluding carboxylic acids is 3. The summed E-state index contributed by atoms with van der Waals surface area (Å²) in [5.74, 6) is -3.48. The summed E-state index contributed by atoms with van der Waals surface area (Å²) in [7, 11) is 2.61. The smallest absolute Gasteiger partial charge is 0.302 e. The normalized spacial score (nSPS) is 13.5. The molecule has 1 aromatic rings. The first-order chi connectivity index (χ1) is 15.7. The van der Waals surface area contributed by atoms with Crippen LogP contribution in [-0.4, -0.2) is 62.0 Å². The molecule has 0 saturated carbocycles. The van der Waals surface area contributed by atoms with Gasteiger partial charge in [0.15, 0.2) is 6.17 Å². The molecule has 0 bridgehead atoms. The quantitative estimate of drug-likeness (QED) is 0.219. The zero-order valence-corrected chi connectivity index (χ0v) is 19.1. The molecule has 3 unspecified atom stereocenters. The minimum absolute atomic E-state index is 0.0567. The van der Waals surface area contributed by atoms with E-state index in [0.717, 1.165) is 25.7 Å². The molecule has 3 atom stereocenters. The number of nitrogens with one attached hydrogen (secondary N) is 1. The molecular weight excluding hydrogens is 445 g/mol. The Morgan fingerprint density at radius 3 is 2.21 bits per heavy atom. The highest BCUT2D eigenvalue weighted by atomic mass is 19.2. The Hall–Kier alpha value is -2.85. The van der Waals surface area contributed by atoms with Gasteiger partial charge in [0.25, 0.3) is 5.91 Å². The first-order valence-corrected chi connectivity index (χ1v) is 10.7. The number of anilines is 1. The molecule has 0 radical (unpaired) electrons. The van der Waals surface area contributed by atoms with Crippen molar-refractivity contribution in [2.75, 3.05) is 26.1 Å². The zero-order chi connectivity index (χ0) is 24.8. The second kappa shape index (κ2) is 15.1. The maximum atomic E-state index is 14.2. The lowest BCUT2D eigenvalue weighted by molar-refractivity contribution is -0.141. The van der Waals surface area contributed by atoms with Crippen LogP contribution in [-0.2, 0) is 19.1 Å². The number of methoxy groups -OCH3 is 2. The number of rotatable bonds is 16. The summed E-state index contributed by atoms with van der Waals surface area (Å²) in [6, 6.07) is 2.67. The Morgan fingerprint density at radius 1 is 0.970 bits per heavy atom. The van der Waals surface area contributed by atoms with E-state index in [4.69, 9.17) is 14.2 Å². The van der Waals surface area contributed by atoms with E-state index >= 15 is 0 Å². The molecular formula is C22H31F3N2O6. The van der Waals surface area contributed by atoms with Crippen molar-refractivity contribution in [3.8, 4) is 11.8 Å². The SMILES string of the molecule is COc1ccc(NC(=O)C(F)C(=O)C(F)C(F)CCCCCCCCOC(C)=O)c(OC)n1. The van der Waals surface area contributed by atoms with Crippen LogP contribution in [0.2, 0.25) is 0 Å². The zero-order valence-electron chi connectivity index (χ0n) is 19.1. The lowest BCUT2D eigenvalue weighted by atomic mass is 10.0. The molecule has 1 N–H and O–H groups in total. The molecule has 1 heterocycles. The molecule has 0 aromatic carbocycles. The number of nitrogens with zero attached hydrogens (tertiary/aromatic N) is 1. The molecule has 0 aliphatic heterocycles. The van der Waals surface area contributed by atoms with Crippen molar-refractivity contribution in [1.29, 1.82) is 0 Å². The number of amides is 1. The number of pyridine rings is 1. The lowest BCUT2D eigenvalue weighted by Crippen LogP contribution is -2.40. The van der Waals surface area contributed by atoms with Crippen LogP contribution in [0.1, 0.15) is 51.9 Å². The van der Waals surface area contributed by atoms with Crippen molar-refractivity contribution >= 4 is 23.3 Å². The van der Waals surface area contributed by atoms with Crippen LogP contribution in [0.5, 0.6) is 11.8 Å². The number of carbonyl (C=O) groups is 3. The van der Waals surface area contributed by atoms with E-state index in [1.54, 1.807) is 0 Å². The van der Waals surface area contributed by atoms with E-state index in [9.17, 15) is 27.6 Å². The third-order valence-corrected chi connectivity index (χ3v) is 4.74. The van der Waals surface area contributed by atoms with Crippen molar-refractivity contribution in [2.45, 2.75) is 70.4 Å². The molecule has 0 aliphatic rings. The van der Waals surface area contributed by atoms with Crippen molar-refractivity contribution in [3.05, 3.63) is 12.1 Å². The number of ketones is 1. The minimum Gasteiger partial charge on any atom is -0.481 e. The van der Waals surface area contributed by atoms with Gasteiger partial charge in [-0.15, -0.1) is 0 Å². The average Bonchev–Trinajstić information content (AvgIpc) is 2.81. The van der Waals surface area contributed by atoms with Gasteiger partial charge < -0.3 is 19.5 Å². The summed E-state index contributed by atoms with van der Waals surface area (Å²) >= 11 is 0. The molecule has 1 aromatic heterocycles. The molecule has 1 amide bonds. The summed E-state index contributed by atoms with van der Waals surface area (Å²) in [6.45, 7) is 1.69. The van der Waals surface area contributed by atoms with Crippen molar-refractivity contribution in [3.63, 3.8) is 0 Å². The van der Waals surface area contributed by atoms with Crippen LogP contribution in [0, 0.1) is 0 Å². The van der Waals surface area contributed by atoms with E-state index < -0.39 is 30.2 Å². The van der Waals surface area contributed by atoms with Crippen molar-refractivity contribution in [2.24, 2.45) is 0 Å². The largest absolute Gasteiger partial charge is 0.481 e. The number of alkyl halides is 3. The Morgan fingerprint density at radius 2 is 1.61 bits per heavy atom. The van der Waals surface area contributed by atoms with E-state index in [2.05, 4.69) is 10.3 Å². The molecule has 8 nitrogen and oxygen atoms in total. The van der Waals surface area contributed by atoms with Gasteiger partial charge in [-0.3, -0.25) is 14.4 Å². The number of unbranched alkanes of at least 4 members (excludes halogenated alkanes) is 5. The maximum absolute atomic E-state index is 14.2. The van der Waals surface area contributed by atoms with Crippen LogP contribution in [0.4, 0.5) is 18.9 Å². The lowest BCUT2D eigenvalue weighted by Gasteiger charge is -2.16. The Kier molecular flexibility index (Phi) is 12.9. The molecule has 0 saturated heterocycles. The standard InChI is InChI=1S/C22H31F3N2O6/c1-14(28)33-13-9-7-5-4-6-8-10-15(23)18(24)20(29)19(25)21(30)26-16-11-12-17(31-2)27-22(16)32-3/h11-12,15,18-19H,4-10,13H2,1-3H3,(H,26,30). The first kappa shape index (κ1) is 28.2. The second-order valence-corrected chi connectivity index (χ2v) is 7.33. The van der Waals surface area contributed by atoms with E-state index in [1.165, 1.54) is 33.3 Å². The monoisotopic (exact) mass is 476 g/mol. The van der Waals surface area contributed by atoms with Gasteiger partial charge in [-0.1, -0.05) is 32.1 Å². The number of esters is 1. The fourth-order valence-corrected chi connectivity index (χ4v) is 2.94. The van der Waals surface area contributed by atoms with Gasteiger partial charge in [0.2, 0.25) is 23.7 Å². The number of hydrogen-bond donors (Lipinski definition) is 1. The Balaban J connectivity index is 2.40. The molecule has 0 fully saturated rings. The summed E-state index contributed by atoms with van der Waals surface area (Å²) in [4.78, 5) is 38.4. The predicted octanol–water partition coefficient (Wildman–Crippen LogP) is 3.91. The summed E-state index contributed by atoms with van der Waals surface area (Å²) in [5, 5.41) is 2.08. The first-order valence-electron chi connectivity index (χ1n) is 10.7. The van der Waals surface area contributed by atoms with Crippen LogP contribution < -0.4 is 14.8 Å². The second-order valence-electron chi connectivity index (χ2n) is 7.33. The van der Waals surface area contributed by atoms with E-state index in [-0.39, 0.29) is 29.8 Å². The summed E-state index contributed by atoms with van der Waals surface area (Å²) in [5.41, 5.74) is -0.0567. The van der Waals surface area contributed by atoms with Crippen LogP contribution in [0.25, 0.3) is 0 Å². The minimum atomic E-state index is -2.89. The van der Waals surface area contributed by atoms with Gasteiger partial charge in [0.1, 0.15) is 11.9 Å². The highest BCUT2D eigenvalue weighted by Gasteiger charge is 2.37. The number of hydrogen-bond acceptors (Lipinski definition) is 7. The molecule has 0 spiro atoms. The third-order valence-electron chi connectivity index (χ3n) is 4.74. The van der Waals surface area contributed by atoms with Gasteiger partial charge in [-0.05, 0) is 18.9 Å². The molecule has 11 heteroatoms. The maximum Gasteiger partial charge on any atom is 0.302 e. The van der Waals surface area contributed by atoms with Gasteiger partial charge in [0.05, 0.1) is 20.8 Å². The van der Waals surface area contributed by atoms with Crippen molar-refractivity contribution < 1.29 is 41.8 Å². The van der Waals surface area contributed by atoms with Crippen molar-refractivity contribution in [1.82, 2.24) is 4.98 Å². The molecule has 0 aliphatic carbocycles. The highest BCUT2D eigenvalue weighted by Crippen LogP contribution is 2.25. The third kappa shape index (κ3) is 10.1. The van der Waals surface area contributed by atoms with Gasteiger partial charge >= 0.3 is 5.97 Å². The number of Topliss-reactive ketones (excluding diaryl/α,β-unsaturated/α-hetero) is 1.